The molecule has 0 saturated carbocycles. The molecule has 0 spiro atoms. The van der Waals surface area contributed by atoms with Crippen LogP contribution in [0, 0.1) is 0 Å². The molecule has 4 rings (SSSR count). The highest BCUT2D eigenvalue weighted by atomic mass is 35.5. The summed E-state index contributed by atoms with van der Waals surface area (Å²) in [6.45, 7) is 0.105. The molecule has 2 aromatic carbocycles. The number of hydrogen-bond acceptors (Lipinski definition) is 6. The van der Waals surface area contributed by atoms with Crippen LogP contribution in [-0.4, -0.2) is 24.5 Å². The van der Waals surface area contributed by atoms with E-state index in [9.17, 15) is 13.5 Å². The van der Waals surface area contributed by atoms with Gasteiger partial charge in [0.15, 0.2) is 5.75 Å². The van der Waals surface area contributed by atoms with Crippen molar-refractivity contribution in [3.05, 3.63) is 71.5 Å². The first-order valence-electron chi connectivity index (χ1n) is 8.46. The topological polar surface area (TPSA) is 113 Å². The van der Waals surface area contributed by atoms with Gasteiger partial charge in [0.05, 0.1) is 23.5 Å². The fourth-order valence-corrected chi connectivity index (χ4v) is 3.99. The number of nitrogens with one attached hydrogen (secondary N) is 2. The first-order valence-corrected chi connectivity index (χ1v) is 10.3. The van der Waals surface area contributed by atoms with Gasteiger partial charge in [-0.3, -0.25) is 4.98 Å². The highest BCUT2D eigenvalue weighted by Gasteiger charge is 2.29. The maximum atomic E-state index is 12.6. The van der Waals surface area contributed by atoms with E-state index >= 15 is 0 Å². The molecule has 1 aliphatic heterocycles. The van der Waals surface area contributed by atoms with Crippen molar-refractivity contribution in [1.29, 1.82) is 0 Å². The van der Waals surface area contributed by atoms with E-state index in [2.05, 4.69) is 20.0 Å². The smallest absolute Gasteiger partial charge is 0.266 e. The number of nitrogens with zero attached hydrogens (tertiary/aromatic N) is 2. The Morgan fingerprint density at radius 1 is 1.07 bits per heavy atom. The molecule has 0 bridgehead atoms. The van der Waals surface area contributed by atoms with E-state index in [1.165, 1.54) is 18.3 Å². The van der Waals surface area contributed by atoms with Gasteiger partial charge in [0, 0.05) is 0 Å². The van der Waals surface area contributed by atoms with Gasteiger partial charge in [0.2, 0.25) is 5.96 Å². The number of anilines is 1. The molecule has 148 valence electrons. The van der Waals surface area contributed by atoms with Gasteiger partial charge in [-0.2, -0.15) is 0 Å². The zero-order chi connectivity index (χ0) is 20.4. The fraction of sp³-hybridized carbons (Fsp3) is 0.0526. The Labute approximate surface area is 171 Å². The number of sulfonamides is 1. The fourth-order valence-electron chi connectivity index (χ4n) is 2.66. The molecule has 8 nitrogen and oxygen atoms in total. The highest BCUT2D eigenvalue weighted by Crippen LogP contribution is 2.38. The molecule has 0 unspecified atom stereocenters. The Hall–Kier alpha value is -3.30. The van der Waals surface area contributed by atoms with Gasteiger partial charge in [-0.15, -0.1) is 0 Å². The molecule has 0 fully saturated rings. The predicted octanol–water partition coefficient (Wildman–Crippen LogP) is 3.49. The molecular weight excluding hydrogens is 416 g/mol. The second-order valence-corrected chi connectivity index (χ2v) is 8.12. The molecule has 1 aromatic heterocycles. The Kier molecular flexibility index (Phi) is 4.99. The average molecular weight is 431 g/mol. The number of para-hydroxylation sites is 2. The third-order valence-corrected chi connectivity index (χ3v) is 5.71. The quantitative estimate of drug-likeness (QED) is 0.584. The van der Waals surface area contributed by atoms with Crippen molar-refractivity contribution in [2.45, 2.75) is 11.4 Å². The molecule has 0 radical (unpaired) electrons. The van der Waals surface area contributed by atoms with Gasteiger partial charge in [-0.25, -0.2) is 18.1 Å². The number of fused-ring (bicyclic) bond motifs is 1. The number of aliphatic imine (C=N–C) groups is 1. The molecular formula is C19H15ClN4O4S. The van der Waals surface area contributed by atoms with Crippen molar-refractivity contribution in [3.8, 4) is 17.2 Å². The third-order valence-electron chi connectivity index (χ3n) is 4.02. The van der Waals surface area contributed by atoms with E-state index in [-0.39, 0.29) is 34.6 Å². The van der Waals surface area contributed by atoms with Crippen LogP contribution < -0.4 is 14.8 Å². The third kappa shape index (κ3) is 4.10. The summed E-state index contributed by atoms with van der Waals surface area (Å²) in [6.07, 6.45) is 1.29. The highest BCUT2D eigenvalue weighted by molar-refractivity contribution is 7.90. The molecule has 0 aliphatic carbocycles. The van der Waals surface area contributed by atoms with E-state index in [1.807, 2.05) is 0 Å². The predicted molar refractivity (Wildman–Crippen MR) is 109 cm³/mol. The Bertz CT molecular complexity index is 1200. The minimum absolute atomic E-state index is 0.0302. The van der Waals surface area contributed by atoms with E-state index in [0.717, 1.165) is 0 Å². The number of benzene rings is 2. The van der Waals surface area contributed by atoms with Crippen LogP contribution in [-0.2, 0) is 16.6 Å². The van der Waals surface area contributed by atoms with Crippen LogP contribution in [0.1, 0.15) is 5.69 Å². The van der Waals surface area contributed by atoms with Gasteiger partial charge < -0.3 is 15.2 Å². The Morgan fingerprint density at radius 3 is 2.62 bits per heavy atom. The summed E-state index contributed by atoms with van der Waals surface area (Å²) in [5.41, 5.74) is 0.811. The van der Waals surface area contributed by atoms with Crippen molar-refractivity contribution in [1.82, 2.24) is 9.71 Å². The van der Waals surface area contributed by atoms with Crippen LogP contribution in [0.5, 0.6) is 17.2 Å². The van der Waals surface area contributed by atoms with Crippen LogP contribution in [0.4, 0.5) is 5.69 Å². The number of pyridine rings is 1. The van der Waals surface area contributed by atoms with Crippen LogP contribution in [0.25, 0.3) is 0 Å². The minimum Gasteiger partial charge on any atom is -0.506 e. The lowest BCUT2D eigenvalue weighted by atomic mass is 10.2. The summed E-state index contributed by atoms with van der Waals surface area (Å²) in [4.78, 5) is 8.29. The second kappa shape index (κ2) is 7.61. The normalized spacial score (nSPS) is 15.8. The zero-order valence-corrected chi connectivity index (χ0v) is 16.4. The zero-order valence-electron chi connectivity index (χ0n) is 14.8. The van der Waals surface area contributed by atoms with E-state index in [4.69, 9.17) is 16.3 Å². The molecule has 3 aromatic rings. The monoisotopic (exact) mass is 430 g/mol. The van der Waals surface area contributed by atoms with Crippen LogP contribution in [0.3, 0.4) is 0 Å². The SMILES string of the molecule is O=S1(=O)NC(=NCc2ccc(O)cn2)Nc2c(Oc3ccccc3Cl)cccc21. The van der Waals surface area contributed by atoms with Gasteiger partial charge >= 0.3 is 0 Å². The second-order valence-electron chi connectivity index (χ2n) is 6.06. The van der Waals surface area contributed by atoms with Crippen molar-refractivity contribution in [2.24, 2.45) is 4.99 Å². The van der Waals surface area contributed by atoms with E-state index in [0.29, 0.717) is 16.5 Å². The van der Waals surface area contributed by atoms with Crippen molar-refractivity contribution in [3.63, 3.8) is 0 Å². The van der Waals surface area contributed by atoms with Crippen LogP contribution >= 0.6 is 11.6 Å². The number of aromatic hydroxyl groups is 1. The van der Waals surface area contributed by atoms with Gasteiger partial charge in [-0.05, 0) is 36.4 Å². The summed E-state index contributed by atoms with van der Waals surface area (Å²) in [5.74, 6) is 0.749. The summed E-state index contributed by atoms with van der Waals surface area (Å²) >= 11 is 6.15. The van der Waals surface area contributed by atoms with Crippen LogP contribution in [0.2, 0.25) is 5.02 Å². The maximum Gasteiger partial charge on any atom is 0.266 e. The number of ether oxygens (including phenoxy) is 1. The molecule has 0 amide bonds. The van der Waals surface area contributed by atoms with Crippen LogP contribution in [0.15, 0.2) is 70.7 Å². The van der Waals surface area contributed by atoms with Crippen molar-refractivity contribution >= 4 is 33.3 Å². The first-order chi connectivity index (χ1) is 13.9. The lowest BCUT2D eigenvalue weighted by Crippen LogP contribution is -2.40. The minimum atomic E-state index is -3.84. The lowest BCUT2D eigenvalue weighted by Gasteiger charge is -2.23. The number of hydrogen-bond donors (Lipinski definition) is 3. The standard InChI is InChI=1S/C19H15ClN4O4S/c20-14-4-1-2-5-15(14)28-16-6-3-7-17-18(16)23-19(24-29(17,26)27)22-10-12-8-9-13(25)11-21-12/h1-9,11,25H,10H2,(H2,22,23,24). The number of halogens is 1. The molecule has 0 atom stereocenters. The molecule has 1 aliphatic rings. The molecule has 29 heavy (non-hydrogen) atoms. The number of rotatable bonds is 4. The van der Waals surface area contributed by atoms with Crippen molar-refractivity contribution < 1.29 is 18.3 Å². The summed E-state index contributed by atoms with van der Waals surface area (Å²) in [7, 11) is -3.84. The summed E-state index contributed by atoms with van der Waals surface area (Å²) < 4.78 is 33.5. The molecule has 2 heterocycles. The maximum absolute atomic E-state index is 12.6. The first kappa shape index (κ1) is 19.0. The van der Waals surface area contributed by atoms with Gasteiger partial charge in [-0.1, -0.05) is 29.8 Å². The van der Waals surface area contributed by atoms with Gasteiger partial charge in [0.25, 0.3) is 10.0 Å². The number of guanidine groups is 1. The lowest BCUT2D eigenvalue weighted by molar-refractivity contribution is 0.472. The van der Waals surface area contributed by atoms with E-state index < -0.39 is 10.0 Å². The Balaban J connectivity index is 1.67. The largest absolute Gasteiger partial charge is 0.506 e. The molecule has 3 N–H and O–H groups in total. The molecule has 10 heteroatoms. The Morgan fingerprint density at radius 2 is 1.86 bits per heavy atom. The molecule has 0 saturated heterocycles. The van der Waals surface area contributed by atoms with E-state index in [1.54, 1.807) is 42.5 Å². The summed E-state index contributed by atoms with van der Waals surface area (Å²) in [6, 6.07) is 14.6. The summed E-state index contributed by atoms with van der Waals surface area (Å²) in [5, 5.41) is 12.7. The average Bonchev–Trinajstić information content (AvgIpc) is 2.69. The van der Waals surface area contributed by atoms with Gasteiger partial charge in [0.1, 0.15) is 22.1 Å². The van der Waals surface area contributed by atoms with Crippen molar-refractivity contribution in [2.75, 3.05) is 5.32 Å². The number of aromatic nitrogens is 1.